The van der Waals surface area contributed by atoms with Crippen LogP contribution in [-0.4, -0.2) is 23.0 Å². The van der Waals surface area contributed by atoms with Crippen LogP contribution in [0.4, 0.5) is 0 Å². The largest absolute Gasteiger partial charge is 0.480 e. The van der Waals surface area contributed by atoms with Crippen LogP contribution in [0.15, 0.2) is 18.2 Å². The van der Waals surface area contributed by atoms with Gasteiger partial charge in [-0.25, -0.2) is 4.79 Å². The van der Waals surface area contributed by atoms with Gasteiger partial charge in [0.1, 0.15) is 6.04 Å². The number of carbonyl (C=O) groups excluding carboxylic acids is 1. The molecule has 1 aromatic carbocycles. The van der Waals surface area contributed by atoms with Crippen molar-refractivity contribution in [3.8, 4) is 0 Å². The molecule has 0 spiro atoms. The fraction of sp³-hybridized carbons (Fsp3) is 0.385. The Morgan fingerprint density at radius 1 is 1.44 bits per heavy atom. The van der Waals surface area contributed by atoms with Gasteiger partial charge in [0.25, 0.3) is 5.91 Å². The van der Waals surface area contributed by atoms with Gasteiger partial charge in [0, 0.05) is 10.6 Å². The number of carboxylic acid groups (broad SMARTS) is 1. The Bertz CT molecular complexity index is 460. The summed E-state index contributed by atoms with van der Waals surface area (Å²) >= 11 is 5.80. The summed E-state index contributed by atoms with van der Waals surface area (Å²) in [6.45, 7) is 3.63. The molecule has 4 nitrogen and oxygen atoms in total. The normalized spacial score (nSPS) is 11.9. The Labute approximate surface area is 111 Å². The number of carbonyl (C=O) groups is 2. The standard InChI is InChI=1S/C13H16ClNO3/c1-3-4-11(13(17)18)15-12(16)10-6-5-9(14)7-8(10)2/h5-7,11H,3-4H2,1-2H3,(H,15,16)(H,17,18)/t11-/m0/s1. The molecule has 0 bridgehead atoms. The van der Waals surface area contributed by atoms with E-state index >= 15 is 0 Å². The Morgan fingerprint density at radius 2 is 2.11 bits per heavy atom. The number of benzene rings is 1. The molecule has 0 aliphatic heterocycles. The van der Waals surface area contributed by atoms with Crippen molar-refractivity contribution < 1.29 is 14.7 Å². The Balaban J connectivity index is 2.83. The van der Waals surface area contributed by atoms with Gasteiger partial charge >= 0.3 is 5.97 Å². The molecule has 0 unspecified atom stereocenters. The van der Waals surface area contributed by atoms with Crippen molar-refractivity contribution in [2.24, 2.45) is 0 Å². The first kappa shape index (κ1) is 14.5. The smallest absolute Gasteiger partial charge is 0.326 e. The molecule has 0 saturated carbocycles. The molecule has 0 radical (unpaired) electrons. The number of halogens is 1. The quantitative estimate of drug-likeness (QED) is 0.863. The predicted molar refractivity (Wildman–Crippen MR) is 70.0 cm³/mol. The third-order valence-electron chi connectivity index (χ3n) is 2.61. The Morgan fingerprint density at radius 3 is 2.61 bits per heavy atom. The molecule has 1 rings (SSSR count). The van der Waals surface area contributed by atoms with Gasteiger partial charge in [0.15, 0.2) is 0 Å². The van der Waals surface area contributed by atoms with E-state index in [1.54, 1.807) is 25.1 Å². The van der Waals surface area contributed by atoms with Crippen LogP contribution in [0.1, 0.15) is 35.7 Å². The van der Waals surface area contributed by atoms with Crippen LogP contribution in [0.5, 0.6) is 0 Å². The number of nitrogens with one attached hydrogen (secondary N) is 1. The minimum atomic E-state index is -1.02. The first-order valence-electron chi connectivity index (χ1n) is 5.75. The molecule has 0 fully saturated rings. The van der Waals surface area contributed by atoms with Crippen LogP contribution in [0.25, 0.3) is 0 Å². The van der Waals surface area contributed by atoms with E-state index in [9.17, 15) is 9.59 Å². The van der Waals surface area contributed by atoms with Crippen molar-refractivity contribution in [3.05, 3.63) is 34.3 Å². The highest BCUT2D eigenvalue weighted by Gasteiger charge is 2.20. The average Bonchev–Trinajstić information content (AvgIpc) is 2.27. The molecule has 5 heteroatoms. The second-order valence-electron chi connectivity index (χ2n) is 4.11. The number of aryl methyl sites for hydroxylation is 1. The molecule has 0 aliphatic rings. The lowest BCUT2D eigenvalue weighted by molar-refractivity contribution is -0.139. The van der Waals surface area contributed by atoms with Crippen molar-refractivity contribution >= 4 is 23.5 Å². The van der Waals surface area contributed by atoms with Crippen LogP contribution in [0.3, 0.4) is 0 Å². The van der Waals surface area contributed by atoms with E-state index < -0.39 is 12.0 Å². The monoisotopic (exact) mass is 269 g/mol. The zero-order valence-electron chi connectivity index (χ0n) is 10.4. The summed E-state index contributed by atoms with van der Waals surface area (Å²) in [4.78, 5) is 22.9. The van der Waals surface area contributed by atoms with Gasteiger partial charge in [-0.1, -0.05) is 24.9 Å². The molecule has 0 heterocycles. The fourth-order valence-corrected chi connectivity index (χ4v) is 1.89. The fourth-order valence-electron chi connectivity index (χ4n) is 1.66. The van der Waals surface area contributed by atoms with Gasteiger partial charge in [-0.2, -0.15) is 0 Å². The molecule has 18 heavy (non-hydrogen) atoms. The van der Waals surface area contributed by atoms with Crippen LogP contribution in [-0.2, 0) is 4.79 Å². The van der Waals surface area contributed by atoms with Gasteiger partial charge < -0.3 is 10.4 Å². The van der Waals surface area contributed by atoms with Crippen LogP contribution in [0, 0.1) is 6.92 Å². The van der Waals surface area contributed by atoms with Crippen LogP contribution < -0.4 is 5.32 Å². The molecule has 0 aliphatic carbocycles. The van der Waals surface area contributed by atoms with Crippen molar-refractivity contribution in [1.82, 2.24) is 5.32 Å². The summed E-state index contributed by atoms with van der Waals surface area (Å²) in [7, 11) is 0. The predicted octanol–water partition coefficient (Wildman–Crippen LogP) is 2.63. The van der Waals surface area contributed by atoms with Gasteiger partial charge in [0.2, 0.25) is 0 Å². The summed E-state index contributed by atoms with van der Waals surface area (Å²) in [5.41, 5.74) is 1.17. The molecule has 0 aromatic heterocycles. The number of carboxylic acids is 1. The van der Waals surface area contributed by atoms with E-state index in [4.69, 9.17) is 16.7 Å². The Kier molecular flexibility index (Phi) is 5.16. The van der Waals surface area contributed by atoms with Gasteiger partial charge in [-0.05, 0) is 37.1 Å². The third kappa shape index (κ3) is 3.74. The maximum atomic E-state index is 11.9. The number of hydrogen-bond acceptors (Lipinski definition) is 2. The highest BCUT2D eigenvalue weighted by Crippen LogP contribution is 2.15. The van der Waals surface area contributed by atoms with Crippen LogP contribution >= 0.6 is 11.6 Å². The molecule has 1 aromatic rings. The summed E-state index contributed by atoms with van der Waals surface area (Å²) in [6, 6.07) is 4.03. The zero-order chi connectivity index (χ0) is 13.7. The van der Waals surface area contributed by atoms with Gasteiger partial charge in [-0.3, -0.25) is 4.79 Å². The van der Waals surface area contributed by atoms with Crippen molar-refractivity contribution in [1.29, 1.82) is 0 Å². The third-order valence-corrected chi connectivity index (χ3v) is 2.85. The summed E-state index contributed by atoms with van der Waals surface area (Å²) in [5.74, 6) is -1.40. The first-order chi connectivity index (χ1) is 8.45. The Hall–Kier alpha value is -1.55. The summed E-state index contributed by atoms with van der Waals surface area (Å²) < 4.78 is 0. The van der Waals surface area contributed by atoms with E-state index in [0.29, 0.717) is 23.4 Å². The minimum Gasteiger partial charge on any atom is -0.480 e. The number of rotatable bonds is 5. The van der Waals surface area contributed by atoms with E-state index in [0.717, 1.165) is 5.56 Å². The lowest BCUT2D eigenvalue weighted by Crippen LogP contribution is -2.40. The zero-order valence-corrected chi connectivity index (χ0v) is 11.1. The van der Waals surface area contributed by atoms with Gasteiger partial charge in [-0.15, -0.1) is 0 Å². The maximum Gasteiger partial charge on any atom is 0.326 e. The van der Waals surface area contributed by atoms with Gasteiger partial charge in [0.05, 0.1) is 0 Å². The molecular weight excluding hydrogens is 254 g/mol. The van der Waals surface area contributed by atoms with E-state index in [2.05, 4.69) is 5.32 Å². The number of amides is 1. The van der Waals surface area contributed by atoms with E-state index in [1.807, 2.05) is 6.92 Å². The maximum absolute atomic E-state index is 11.9. The second kappa shape index (κ2) is 6.40. The lowest BCUT2D eigenvalue weighted by Gasteiger charge is -2.14. The SMILES string of the molecule is CCC[C@H](NC(=O)c1ccc(Cl)cc1C)C(=O)O. The molecule has 1 amide bonds. The topological polar surface area (TPSA) is 66.4 Å². The molecular formula is C13H16ClNO3. The summed E-state index contributed by atoms with van der Waals surface area (Å²) in [6.07, 6.45) is 1.10. The second-order valence-corrected chi connectivity index (χ2v) is 4.55. The average molecular weight is 270 g/mol. The van der Waals surface area contributed by atoms with Crippen LogP contribution in [0.2, 0.25) is 5.02 Å². The lowest BCUT2D eigenvalue weighted by atomic mass is 10.1. The highest BCUT2D eigenvalue weighted by molar-refractivity contribution is 6.30. The minimum absolute atomic E-state index is 0.384. The van der Waals surface area contributed by atoms with Crippen molar-refractivity contribution in [3.63, 3.8) is 0 Å². The molecule has 2 N–H and O–H groups in total. The molecule has 98 valence electrons. The van der Waals surface area contributed by atoms with Crippen molar-refractivity contribution in [2.75, 3.05) is 0 Å². The summed E-state index contributed by atoms with van der Waals surface area (Å²) in [5, 5.41) is 12.0. The molecule has 1 atom stereocenters. The number of hydrogen-bond donors (Lipinski definition) is 2. The number of aliphatic carboxylic acids is 1. The highest BCUT2D eigenvalue weighted by atomic mass is 35.5. The van der Waals surface area contributed by atoms with E-state index in [1.165, 1.54) is 0 Å². The van der Waals surface area contributed by atoms with E-state index in [-0.39, 0.29) is 5.91 Å². The molecule has 0 saturated heterocycles. The van der Waals surface area contributed by atoms with Crippen molar-refractivity contribution in [2.45, 2.75) is 32.7 Å². The first-order valence-corrected chi connectivity index (χ1v) is 6.13.